The number of hydrogen-bond acceptors (Lipinski definition) is 5. The Morgan fingerprint density at radius 2 is 1.68 bits per heavy atom. The van der Waals surface area contributed by atoms with E-state index < -0.39 is 26.6 Å². The summed E-state index contributed by atoms with van der Waals surface area (Å²) in [4.78, 5) is 32.9. The number of anilines is 1. The first-order chi connectivity index (χ1) is 8.88. The van der Waals surface area contributed by atoms with Crippen molar-refractivity contribution in [1.82, 2.24) is 0 Å². The summed E-state index contributed by atoms with van der Waals surface area (Å²) in [5.74, 6) is -0.310. The van der Waals surface area contributed by atoms with Gasteiger partial charge in [0.15, 0.2) is 0 Å². The highest BCUT2D eigenvalue weighted by Gasteiger charge is 2.31. The molecule has 0 radical (unpaired) electrons. The normalized spacial score (nSPS) is 18.7. The first-order valence-electron chi connectivity index (χ1n) is 5.27. The van der Waals surface area contributed by atoms with Gasteiger partial charge < -0.3 is 4.90 Å². The Morgan fingerprint density at radius 1 is 1.16 bits per heavy atom. The number of alkyl halides is 1. The summed E-state index contributed by atoms with van der Waals surface area (Å²) in [6.45, 7) is 0.179. The SMILES string of the molecule is O=C1CC(Cl)CN1c1cc([N+](=O)[O-])cc([N+](=O)[O-])c1. The zero-order valence-electron chi connectivity index (χ0n) is 9.48. The molecule has 9 heteroatoms. The second kappa shape index (κ2) is 4.81. The molecule has 19 heavy (non-hydrogen) atoms. The summed E-state index contributed by atoms with van der Waals surface area (Å²) in [5, 5.41) is 21.1. The smallest absolute Gasteiger partial charge is 0.278 e. The predicted molar refractivity (Wildman–Crippen MR) is 66.4 cm³/mol. The maximum Gasteiger partial charge on any atom is 0.278 e. The van der Waals surface area contributed by atoms with Crippen LogP contribution in [0.3, 0.4) is 0 Å². The Kier molecular flexibility index (Phi) is 3.34. The first kappa shape index (κ1) is 13.2. The highest BCUT2D eigenvalue weighted by molar-refractivity contribution is 6.24. The second-order valence-corrected chi connectivity index (χ2v) is 4.64. The number of amides is 1. The summed E-state index contributed by atoms with van der Waals surface area (Å²) in [6.07, 6.45) is 0.109. The van der Waals surface area contributed by atoms with E-state index >= 15 is 0 Å². The summed E-state index contributed by atoms with van der Waals surface area (Å²) < 4.78 is 0. The average molecular weight is 286 g/mol. The molecule has 1 heterocycles. The third-order valence-electron chi connectivity index (χ3n) is 2.70. The Morgan fingerprint density at radius 3 is 2.05 bits per heavy atom. The van der Waals surface area contributed by atoms with Gasteiger partial charge in [-0.05, 0) is 0 Å². The molecule has 0 aliphatic carbocycles. The van der Waals surface area contributed by atoms with Crippen molar-refractivity contribution in [2.75, 3.05) is 11.4 Å². The number of benzene rings is 1. The molecule has 0 spiro atoms. The molecule has 1 unspecified atom stereocenters. The van der Waals surface area contributed by atoms with E-state index in [1.54, 1.807) is 0 Å². The van der Waals surface area contributed by atoms with Crippen LogP contribution in [0.1, 0.15) is 6.42 Å². The Bertz CT molecular complexity index is 544. The molecule has 0 N–H and O–H groups in total. The van der Waals surface area contributed by atoms with Crippen LogP contribution in [0.2, 0.25) is 0 Å². The molecule has 2 rings (SSSR count). The van der Waals surface area contributed by atoms with E-state index in [4.69, 9.17) is 11.6 Å². The minimum atomic E-state index is -0.741. The lowest BCUT2D eigenvalue weighted by Gasteiger charge is -2.15. The van der Waals surface area contributed by atoms with Gasteiger partial charge in [-0.2, -0.15) is 0 Å². The van der Waals surface area contributed by atoms with Crippen LogP contribution in [-0.2, 0) is 4.79 Å². The molecule has 1 amide bonds. The topological polar surface area (TPSA) is 107 Å². The van der Waals surface area contributed by atoms with Crippen molar-refractivity contribution in [2.45, 2.75) is 11.8 Å². The standard InChI is InChI=1S/C10H8ClN3O5/c11-6-1-10(15)12(5-6)7-2-8(13(16)17)4-9(3-7)14(18)19/h2-4,6H,1,5H2. The van der Waals surface area contributed by atoms with Crippen LogP contribution in [0.25, 0.3) is 0 Å². The van der Waals surface area contributed by atoms with E-state index in [2.05, 4.69) is 0 Å². The van der Waals surface area contributed by atoms with E-state index in [0.717, 1.165) is 18.2 Å². The molecule has 8 nitrogen and oxygen atoms in total. The van der Waals surface area contributed by atoms with Crippen LogP contribution in [0, 0.1) is 20.2 Å². The lowest BCUT2D eigenvalue weighted by atomic mass is 10.2. The maximum absolute atomic E-state index is 11.6. The van der Waals surface area contributed by atoms with Crippen molar-refractivity contribution < 1.29 is 14.6 Å². The van der Waals surface area contributed by atoms with Crippen LogP contribution in [0.5, 0.6) is 0 Å². The van der Waals surface area contributed by atoms with Crippen molar-refractivity contribution in [3.8, 4) is 0 Å². The summed E-state index contributed by atoms with van der Waals surface area (Å²) >= 11 is 5.83. The fraction of sp³-hybridized carbons (Fsp3) is 0.300. The molecule has 0 saturated carbocycles. The monoisotopic (exact) mass is 285 g/mol. The highest BCUT2D eigenvalue weighted by atomic mass is 35.5. The lowest BCUT2D eigenvalue weighted by Crippen LogP contribution is -2.24. The number of nitro groups is 2. The van der Waals surface area contributed by atoms with Crippen LogP contribution < -0.4 is 4.90 Å². The van der Waals surface area contributed by atoms with Gasteiger partial charge >= 0.3 is 0 Å². The molecule has 1 aromatic rings. The first-order valence-corrected chi connectivity index (χ1v) is 5.70. The fourth-order valence-corrected chi connectivity index (χ4v) is 2.13. The Labute approximate surface area is 111 Å². The van der Waals surface area contributed by atoms with Crippen molar-refractivity contribution >= 4 is 34.6 Å². The van der Waals surface area contributed by atoms with Crippen LogP contribution in [-0.4, -0.2) is 27.7 Å². The van der Waals surface area contributed by atoms with E-state index in [-0.39, 0.29) is 24.6 Å². The van der Waals surface area contributed by atoms with Gasteiger partial charge in [-0.1, -0.05) is 0 Å². The Balaban J connectivity index is 2.48. The van der Waals surface area contributed by atoms with E-state index in [0.29, 0.717) is 0 Å². The van der Waals surface area contributed by atoms with Gasteiger partial charge in [0.05, 0.1) is 27.0 Å². The largest absolute Gasteiger partial charge is 0.310 e. The Hall–Kier alpha value is -2.22. The van der Waals surface area contributed by atoms with Gasteiger partial charge in [-0.15, -0.1) is 11.6 Å². The molecular formula is C10H8ClN3O5. The third-order valence-corrected chi connectivity index (χ3v) is 2.99. The van der Waals surface area contributed by atoms with Gasteiger partial charge in [0.2, 0.25) is 5.91 Å². The van der Waals surface area contributed by atoms with Crippen LogP contribution >= 0.6 is 11.6 Å². The molecule has 1 aliphatic heterocycles. The molecule has 0 bridgehead atoms. The van der Waals surface area contributed by atoms with Crippen molar-refractivity contribution in [2.24, 2.45) is 0 Å². The zero-order valence-corrected chi connectivity index (χ0v) is 10.2. The number of hydrogen-bond donors (Lipinski definition) is 0. The minimum absolute atomic E-state index is 0.109. The quantitative estimate of drug-likeness (QED) is 0.478. The second-order valence-electron chi connectivity index (χ2n) is 4.03. The zero-order chi connectivity index (χ0) is 14.2. The number of carbonyl (C=O) groups is 1. The lowest BCUT2D eigenvalue weighted by molar-refractivity contribution is -0.394. The predicted octanol–water partition coefficient (Wildman–Crippen LogP) is 1.85. The number of carbonyl (C=O) groups excluding carboxylic acids is 1. The molecular weight excluding hydrogens is 278 g/mol. The van der Waals surface area contributed by atoms with Gasteiger partial charge in [0.1, 0.15) is 0 Å². The van der Waals surface area contributed by atoms with Crippen molar-refractivity contribution in [3.63, 3.8) is 0 Å². The summed E-state index contributed by atoms with van der Waals surface area (Å²) in [7, 11) is 0. The number of nitrogens with zero attached hydrogens (tertiary/aromatic N) is 3. The maximum atomic E-state index is 11.6. The number of rotatable bonds is 3. The number of halogens is 1. The fourth-order valence-electron chi connectivity index (χ4n) is 1.86. The number of nitro benzene ring substituents is 2. The van der Waals surface area contributed by atoms with Gasteiger partial charge in [-0.3, -0.25) is 25.0 Å². The average Bonchev–Trinajstić information content (AvgIpc) is 2.67. The van der Waals surface area contributed by atoms with E-state index in [9.17, 15) is 25.0 Å². The molecule has 1 fully saturated rings. The molecule has 1 aliphatic rings. The van der Waals surface area contributed by atoms with Gasteiger partial charge in [-0.25, -0.2) is 0 Å². The van der Waals surface area contributed by atoms with Gasteiger partial charge in [0, 0.05) is 25.1 Å². The number of non-ortho nitro benzene ring substituents is 2. The molecule has 1 aromatic carbocycles. The molecule has 1 atom stereocenters. The molecule has 0 aromatic heterocycles. The highest BCUT2D eigenvalue weighted by Crippen LogP contribution is 2.31. The van der Waals surface area contributed by atoms with E-state index in [1.807, 2.05) is 0 Å². The van der Waals surface area contributed by atoms with Crippen LogP contribution in [0.4, 0.5) is 17.1 Å². The third kappa shape index (κ3) is 2.63. The molecule has 100 valence electrons. The van der Waals surface area contributed by atoms with Crippen molar-refractivity contribution in [3.05, 3.63) is 38.4 Å². The summed E-state index contributed by atoms with van der Waals surface area (Å²) in [5.41, 5.74) is -0.751. The molecule has 1 saturated heterocycles. The summed E-state index contributed by atoms with van der Waals surface area (Å²) in [6, 6.07) is 3.10. The van der Waals surface area contributed by atoms with Crippen molar-refractivity contribution in [1.29, 1.82) is 0 Å². The van der Waals surface area contributed by atoms with Gasteiger partial charge in [0.25, 0.3) is 11.4 Å². The van der Waals surface area contributed by atoms with Crippen LogP contribution in [0.15, 0.2) is 18.2 Å². The van der Waals surface area contributed by atoms with E-state index in [1.165, 1.54) is 4.90 Å². The minimum Gasteiger partial charge on any atom is -0.310 e.